The lowest BCUT2D eigenvalue weighted by Gasteiger charge is -2.29. The highest BCUT2D eigenvalue weighted by Crippen LogP contribution is 2.16. The molecule has 1 rings (SSSR count). The van der Waals surface area contributed by atoms with Gasteiger partial charge >= 0.3 is 0 Å². The maximum Gasteiger partial charge on any atom is 0.221 e. The van der Waals surface area contributed by atoms with Crippen LogP contribution in [0.15, 0.2) is 0 Å². The first-order valence-corrected chi connectivity index (χ1v) is 7.06. The lowest BCUT2D eigenvalue weighted by Crippen LogP contribution is -2.43. The van der Waals surface area contributed by atoms with E-state index < -0.39 is 0 Å². The van der Waals surface area contributed by atoms with E-state index in [0.29, 0.717) is 18.6 Å². The second-order valence-corrected chi connectivity index (χ2v) is 6.12. The van der Waals surface area contributed by atoms with E-state index in [-0.39, 0.29) is 11.4 Å². The van der Waals surface area contributed by atoms with Gasteiger partial charge in [-0.25, -0.2) is 0 Å². The highest BCUT2D eigenvalue weighted by Gasteiger charge is 2.21. The number of carbonyl (C=O) groups excluding carboxylic acids is 1. The fourth-order valence-corrected chi connectivity index (χ4v) is 2.22. The first kappa shape index (κ1) is 15.4. The number of hydrogen-bond donors (Lipinski definition) is 2. The first-order chi connectivity index (χ1) is 8.40. The van der Waals surface area contributed by atoms with Crippen LogP contribution in [0.25, 0.3) is 0 Å². The van der Waals surface area contributed by atoms with Gasteiger partial charge in [0.2, 0.25) is 5.91 Å². The maximum atomic E-state index is 11.6. The standard InChI is InChI=1S/C14H28N2O2/c1-5-12-10-11(7-9-18-12)15-8-6-13(17)16-14(2,3)4/h11-12,15H,5-10H2,1-4H3,(H,16,17). The minimum absolute atomic E-state index is 0.120. The molecule has 2 atom stereocenters. The number of amides is 1. The van der Waals surface area contributed by atoms with Crippen molar-refractivity contribution in [1.29, 1.82) is 0 Å². The Hall–Kier alpha value is -0.610. The zero-order chi connectivity index (χ0) is 13.6. The molecule has 1 aliphatic rings. The van der Waals surface area contributed by atoms with Gasteiger partial charge in [0, 0.05) is 31.2 Å². The molecule has 1 fully saturated rings. The summed E-state index contributed by atoms with van der Waals surface area (Å²) in [6.07, 6.45) is 4.13. The molecule has 0 aromatic heterocycles. The molecule has 1 aliphatic heterocycles. The first-order valence-electron chi connectivity index (χ1n) is 7.06. The van der Waals surface area contributed by atoms with Gasteiger partial charge in [0.05, 0.1) is 6.10 Å². The van der Waals surface area contributed by atoms with Crippen molar-refractivity contribution in [1.82, 2.24) is 10.6 Å². The van der Waals surface area contributed by atoms with E-state index in [9.17, 15) is 4.79 Å². The van der Waals surface area contributed by atoms with E-state index in [2.05, 4.69) is 17.6 Å². The second kappa shape index (κ2) is 7.10. The Balaban J connectivity index is 2.15. The monoisotopic (exact) mass is 256 g/mol. The topological polar surface area (TPSA) is 50.4 Å². The van der Waals surface area contributed by atoms with Gasteiger partial charge in [0.1, 0.15) is 0 Å². The van der Waals surface area contributed by atoms with Crippen LogP contribution in [0, 0.1) is 0 Å². The van der Waals surface area contributed by atoms with Crippen molar-refractivity contribution in [3.05, 3.63) is 0 Å². The van der Waals surface area contributed by atoms with Crippen LogP contribution >= 0.6 is 0 Å². The van der Waals surface area contributed by atoms with Crippen LogP contribution in [0.3, 0.4) is 0 Å². The molecule has 2 N–H and O–H groups in total. The summed E-state index contributed by atoms with van der Waals surface area (Å²) in [5, 5.41) is 6.43. The summed E-state index contributed by atoms with van der Waals surface area (Å²) in [5.41, 5.74) is -0.136. The average molecular weight is 256 g/mol. The highest BCUT2D eigenvalue weighted by molar-refractivity contribution is 5.76. The highest BCUT2D eigenvalue weighted by atomic mass is 16.5. The van der Waals surface area contributed by atoms with E-state index >= 15 is 0 Å². The van der Waals surface area contributed by atoms with Crippen LogP contribution in [0.4, 0.5) is 0 Å². The predicted octanol–water partition coefficient (Wildman–Crippen LogP) is 1.84. The fourth-order valence-electron chi connectivity index (χ4n) is 2.22. The Labute approximate surface area is 111 Å². The zero-order valence-corrected chi connectivity index (χ0v) is 12.2. The molecule has 0 aromatic rings. The van der Waals surface area contributed by atoms with Gasteiger partial charge in [0.25, 0.3) is 0 Å². The number of nitrogens with one attached hydrogen (secondary N) is 2. The summed E-state index contributed by atoms with van der Waals surface area (Å²) in [4.78, 5) is 11.6. The fraction of sp³-hybridized carbons (Fsp3) is 0.929. The van der Waals surface area contributed by atoms with Crippen molar-refractivity contribution in [3.8, 4) is 0 Å². The van der Waals surface area contributed by atoms with Crippen LogP contribution in [0.2, 0.25) is 0 Å². The van der Waals surface area contributed by atoms with Crippen molar-refractivity contribution in [3.63, 3.8) is 0 Å². The van der Waals surface area contributed by atoms with Crippen molar-refractivity contribution in [2.75, 3.05) is 13.2 Å². The van der Waals surface area contributed by atoms with Crippen molar-refractivity contribution in [2.24, 2.45) is 0 Å². The van der Waals surface area contributed by atoms with Gasteiger partial charge in [-0.1, -0.05) is 6.92 Å². The van der Waals surface area contributed by atoms with Crippen LogP contribution in [0.5, 0.6) is 0 Å². The molecule has 0 aliphatic carbocycles. The Morgan fingerprint density at radius 2 is 2.11 bits per heavy atom. The molecule has 1 amide bonds. The molecule has 0 bridgehead atoms. The summed E-state index contributed by atoms with van der Waals surface area (Å²) < 4.78 is 5.63. The Morgan fingerprint density at radius 1 is 1.39 bits per heavy atom. The Morgan fingerprint density at radius 3 is 2.72 bits per heavy atom. The van der Waals surface area contributed by atoms with Crippen molar-refractivity contribution in [2.45, 2.75) is 71.1 Å². The Bertz CT molecular complexity index is 261. The second-order valence-electron chi connectivity index (χ2n) is 6.12. The number of rotatable bonds is 5. The van der Waals surface area contributed by atoms with E-state index in [1.54, 1.807) is 0 Å². The quantitative estimate of drug-likeness (QED) is 0.789. The molecule has 2 unspecified atom stereocenters. The molecule has 0 spiro atoms. The molecule has 0 radical (unpaired) electrons. The summed E-state index contributed by atoms with van der Waals surface area (Å²) in [5.74, 6) is 0.120. The predicted molar refractivity (Wildman–Crippen MR) is 73.6 cm³/mol. The van der Waals surface area contributed by atoms with E-state index in [1.807, 2.05) is 20.8 Å². The molecular weight excluding hydrogens is 228 g/mol. The van der Waals surface area contributed by atoms with Crippen LogP contribution in [-0.2, 0) is 9.53 Å². The van der Waals surface area contributed by atoms with E-state index in [1.165, 1.54) is 0 Å². The maximum absolute atomic E-state index is 11.6. The molecule has 18 heavy (non-hydrogen) atoms. The van der Waals surface area contributed by atoms with Gasteiger partial charge < -0.3 is 15.4 Å². The SMILES string of the molecule is CCC1CC(NCCC(=O)NC(C)(C)C)CCO1. The summed E-state index contributed by atoms with van der Waals surface area (Å²) in [7, 11) is 0. The molecular formula is C14H28N2O2. The molecule has 4 heteroatoms. The molecule has 4 nitrogen and oxygen atoms in total. The molecule has 0 aromatic carbocycles. The molecule has 1 saturated heterocycles. The minimum atomic E-state index is -0.136. The normalized spacial score (nSPS) is 24.9. The van der Waals surface area contributed by atoms with Gasteiger partial charge in [-0.3, -0.25) is 4.79 Å². The molecule has 106 valence electrons. The van der Waals surface area contributed by atoms with Crippen LogP contribution in [0.1, 0.15) is 53.4 Å². The number of carbonyl (C=O) groups is 1. The lowest BCUT2D eigenvalue weighted by molar-refractivity contribution is -0.122. The summed E-state index contributed by atoms with van der Waals surface area (Å²) in [6.45, 7) is 9.76. The van der Waals surface area contributed by atoms with Crippen LogP contribution in [-0.4, -0.2) is 36.7 Å². The lowest BCUT2D eigenvalue weighted by atomic mass is 10.0. The largest absolute Gasteiger partial charge is 0.378 e. The van der Waals surface area contributed by atoms with Gasteiger partial charge in [-0.05, 0) is 40.0 Å². The molecule has 0 saturated carbocycles. The summed E-state index contributed by atoms with van der Waals surface area (Å²) in [6, 6.07) is 0.506. The van der Waals surface area contributed by atoms with Gasteiger partial charge in [-0.15, -0.1) is 0 Å². The third kappa shape index (κ3) is 6.36. The van der Waals surface area contributed by atoms with Gasteiger partial charge in [-0.2, -0.15) is 0 Å². The van der Waals surface area contributed by atoms with Gasteiger partial charge in [0.15, 0.2) is 0 Å². The van der Waals surface area contributed by atoms with E-state index in [4.69, 9.17) is 4.74 Å². The third-order valence-electron chi connectivity index (χ3n) is 3.12. The zero-order valence-electron chi connectivity index (χ0n) is 12.2. The van der Waals surface area contributed by atoms with Crippen LogP contribution < -0.4 is 10.6 Å². The summed E-state index contributed by atoms with van der Waals surface area (Å²) >= 11 is 0. The van der Waals surface area contributed by atoms with E-state index in [0.717, 1.165) is 32.4 Å². The smallest absolute Gasteiger partial charge is 0.221 e. The molecule has 1 heterocycles. The average Bonchev–Trinajstić information content (AvgIpc) is 2.27. The third-order valence-corrected chi connectivity index (χ3v) is 3.12. The number of ether oxygens (including phenoxy) is 1. The Kier molecular flexibility index (Phi) is 6.09. The number of hydrogen-bond acceptors (Lipinski definition) is 3. The van der Waals surface area contributed by atoms with Crippen molar-refractivity contribution < 1.29 is 9.53 Å². The minimum Gasteiger partial charge on any atom is -0.378 e. The van der Waals surface area contributed by atoms with Crippen molar-refractivity contribution >= 4 is 5.91 Å².